The number of ketones is 1. The number of fused-ring (bicyclic) bond motifs is 1. The number of aryl methyl sites for hydroxylation is 2. The number of thiazole rings is 1. The lowest BCUT2D eigenvalue weighted by atomic mass is 10.1. The predicted octanol–water partition coefficient (Wildman–Crippen LogP) is 4.22. The molecule has 23 heavy (non-hydrogen) atoms. The van der Waals surface area contributed by atoms with E-state index >= 15 is 0 Å². The molecule has 1 heterocycles. The zero-order valence-electron chi connectivity index (χ0n) is 13.3. The summed E-state index contributed by atoms with van der Waals surface area (Å²) in [5, 5.41) is 3.91. The molecule has 0 aliphatic heterocycles. The Kier molecular flexibility index (Phi) is 4.30. The van der Waals surface area contributed by atoms with Crippen LogP contribution in [-0.4, -0.2) is 24.4 Å². The number of carbonyl (C=O) groups is 1. The van der Waals surface area contributed by atoms with E-state index in [0.29, 0.717) is 5.56 Å². The number of hydrogen-bond acceptors (Lipinski definition) is 5. The number of aromatic nitrogens is 1. The van der Waals surface area contributed by atoms with Crippen molar-refractivity contribution in [3.05, 3.63) is 53.1 Å². The first kappa shape index (κ1) is 15.5. The van der Waals surface area contributed by atoms with E-state index in [1.165, 1.54) is 11.1 Å². The highest BCUT2D eigenvalue weighted by Gasteiger charge is 2.10. The van der Waals surface area contributed by atoms with Gasteiger partial charge in [-0.1, -0.05) is 17.4 Å². The van der Waals surface area contributed by atoms with Crippen LogP contribution < -0.4 is 10.1 Å². The van der Waals surface area contributed by atoms with Gasteiger partial charge in [0.05, 0.1) is 23.9 Å². The van der Waals surface area contributed by atoms with E-state index in [2.05, 4.69) is 36.3 Å². The zero-order valence-corrected chi connectivity index (χ0v) is 14.2. The van der Waals surface area contributed by atoms with Crippen LogP contribution in [0.3, 0.4) is 0 Å². The average molecular weight is 326 g/mol. The first-order valence-corrected chi connectivity index (χ1v) is 8.18. The molecule has 2 aromatic carbocycles. The normalized spacial score (nSPS) is 10.7. The number of Topliss-reactive ketones (excluding diaryl/α,β-unsaturated/α-hetero) is 1. The molecule has 0 aliphatic rings. The van der Waals surface area contributed by atoms with Gasteiger partial charge in [0.2, 0.25) is 0 Å². The topological polar surface area (TPSA) is 51.2 Å². The molecule has 0 radical (unpaired) electrons. The maximum Gasteiger partial charge on any atom is 0.184 e. The molecule has 0 unspecified atom stereocenters. The monoisotopic (exact) mass is 326 g/mol. The highest BCUT2D eigenvalue weighted by atomic mass is 32.1. The van der Waals surface area contributed by atoms with Gasteiger partial charge < -0.3 is 10.1 Å². The number of nitrogens with zero attached hydrogens (tertiary/aromatic N) is 1. The summed E-state index contributed by atoms with van der Waals surface area (Å²) in [5.41, 5.74) is 4.08. The molecule has 0 amide bonds. The van der Waals surface area contributed by atoms with Crippen molar-refractivity contribution in [2.45, 2.75) is 13.8 Å². The van der Waals surface area contributed by atoms with Crippen molar-refractivity contribution in [1.82, 2.24) is 4.98 Å². The number of hydrogen-bond donors (Lipinski definition) is 1. The Morgan fingerprint density at radius 1 is 1.17 bits per heavy atom. The number of benzene rings is 2. The van der Waals surface area contributed by atoms with Crippen molar-refractivity contribution >= 4 is 32.5 Å². The molecule has 4 nitrogen and oxygen atoms in total. The van der Waals surface area contributed by atoms with Crippen LogP contribution in [0.2, 0.25) is 0 Å². The maximum atomic E-state index is 12.2. The van der Waals surface area contributed by atoms with Crippen LogP contribution in [-0.2, 0) is 0 Å². The van der Waals surface area contributed by atoms with Crippen molar-refractivity contribution < 1.29 is 9.53 Å². The smallest absolute Gasteiger partial charge is 0.184 e. The highest BCUT2D eigenvalue weighted by molar-refractivity contribution is 7.22. The van der Waals surface area contributed by atoms with Gasteiger partial charge in [0.25, 0.3) is 0 Å². The van der Waals surface area contributed by atoms with Crippen molar-refractivity contribution in [2.75, 3.05) is 19.0 Å². The molecule has 0 atom stereocenters. The molecule has 1 N–H and O–H groups in total. The molecular weight excluding hydrogens is 308 g/mol. The quantitative estimate of drug-likeness (QED) is 0.713. The number of anilines is 1. The van der Waals surface area contributed by atoms with E-state index in [-0.39, 0.29) is 12.3 Å². The molecule has 0 saturated heterocycles. The van der Waals surface area contributed by atoms with Gasteiger partial charge in [-0.15, -0.1) is 0 Å². The first-order chi connectivity index (χ1) is 11.1. The van der Waals surface area contributed by atoms with Crippen molar-refractivity contribution in [1.29, 1.82) is 0 Å². The van der Waals surface area contributed by atoms with E-state index in [1.54, 1.807) is 42.7 Å². The molecule has 3 aromatic rings. The Balaban J connectivity index is 1.72. The molecule has 3 rings (SSSR count). The van der Waals surface area contributed by atoms with Crippen molar-refractivity contribution in [3.63, 3.8) is 0 Å². The maximum absolute atomic E-state index is 12.2. The SMILES string of the molecule is COc1ccc(C(=O)CNc2nc3c(C)c(C)ccc3s2)cc1. The van der Waals surface area contributed by atoms with Gasteiger partial charge in [0.15, 0.2) is 10.9 Å². The van der Waals surface area contributed by atoms with Crippen LogP contribution in [0.4, 0.5) is 5.13 Å². The van der Waals surface area contributed by atoms with Gasteiger partial charge in [-0.25, -0.2) is 4.98 Å². The fourth-order valence-electron chi connectivity index (χ4n) is 2.34. The van der Waals surface area contributed by atoms with E-state index in [9.17, 15) is 4.79 Å². The molecule has 0 aliphatic carbocycles. The second kappa shape index (κ2) is 6.38. The third kappa shape index (κ3) is 3.19. The lowest BCUT2D eigenvalue weighted by Gasteiger charge is -2.04. The van der Waals surface area contributed by atoms with Crippen molar-refractivity contribution in [2.24, 2.45) is 0 Å². The molecule has 5 heteroatoms. The first-order valence-electron chi connectivity index (χ1n) is 7.36. The Morgan fingerprint density at radius 3 is 2.61 bits per heavy atom. The number of methoxy groups -OCH3 is 1. The Hall–Kier alpha value is -2.40. The van der Waals surface area contributed by atoms with Crippen LogP contribution in [0.25, 0.3) is 10.2 Å². The molecule has 118 valence electrons. The van der Waals surface area contributed by atoms with Crippen LogP contribution in [0.1, 0.15) is 21.5 Å². The predicted molar refractivity (Wildman–Crippen MR) is 94.9 cm³/mol. The van der Waals surface area contributed by atoms with E-state index in [1.807, 2.05) is 0 Å². The Labute approximate surface area is 139 Å². The summed E-state index contributed by atoms with van der Waals surface area (Å²) in [6.45, 7) is 4.38. The van der Waals surface area contributed by atoms with E-state index in [4.69, 9.17) is 4.74 Å². The summed E-state index contributed by atoms with van der Waals surface area (Å²) in [7, 11) is 1.61. The minimum atomic E-state index is 0.0276. The summed E-state index contributed by atoms with van der Waals surface area (Å²) < 4.78 is 6.23. The van der Waals surface area contributed by atoms with Gasteiger partial charge in [-0.3, -0.25) is 4.79 Å². The number of carbonyl (C=O) groups excluding carboxylic acids is 1. The van der Waals surface area contributed by atoms with Gasteiger partial charge in [0.1, 0.15) is 5.75 Å². The molecule has 0 saturated carbocycles. The third-order valence-corrected chi connectivity index (χ3v) is 4.88. The summed E-state index contributed by atoms with van der Waals surface area (Å²) in [6, 6.07) is 11.3. The van der Waals surface area contributed by atoms with Gasteiger partial charge in [-0.2, -0.15) is 0 Å². The summed E-state index contributed by atoms with van der Waals surface area (Å²) >= 11 is 1.57. The molecule has 1 aromatic heterocycles. The van der Waals surface area contributed by atoms with E-state index < -0.39 is 0 Å². The van der Waals surface area contributed by atoms with Crippen LogP contribution in [0, 0.1) is 13.8 Å². The van der Waals surface area contributed by atoms with Gasteiger partial charge in [0, 0.05) is 5.56 Å². The highest BCUT2D eigenvalue weighted by Crippen LogP contribution is 2.29. The largest absolute Gasteiger partial charge is 0.497 e. The third-order valence-electron chi connectivity index (χ3n) is 3.90. The molecular formula is C18H18N2O2S. The lowest BCUT2D eigenvalue weighted by Crippen LogP contribution is -2.13. The Morgan fingerprint density at radius 2 is 1.91 bits per heavy atom. The second-order valence-electron chi connectivity index (χ2n) is 5.38. The molecule has 0 bridgehead atoms. The van der Waals surface area contributed by atoms with Gasteiger partial charge >= 0.3 is 0 Å². The standard InChI is InChI=1S/C18H18N2O2S/c1-11-4-9-16-17(12(11)2)20-18(23-16)19-10-15(21)13-5-7-14(22-3)8-6-13/h4-9H,10H2,1-3H3,(H,19,20). The lowest BCUT2D eigenvalue weighted by molar-refractivity contribution is 0.101. The summed E-state index contributed by atoms with van der Waals surface area (Å²) in [4.78, 5) is 16.8. The minimum absolute atomic E-state index is 0.0276. The van der Waals surface area contributed by atoms with Gasteiger partial charge in [-0.05, 0) is 55.3 Å². The van der Waals surface area contributed by atoms with Crippen LogP contribution >= 0.6 is 11.3 Å². The summed E-state index contributed by atoms with van der Waals surface area (Å²) in [6.07, 6.45) is 0. The van der Waals surface area contributed by atoms with Crippen molar-refractivity contribution in [3.8, 4) is 5.75 Å². The molecule has 0 fully saturated rings. The van der Waals surface area contributed by atoms with E-state index in [0.717, 1.165) is 21.1 Å². The number of rotatable bonds is 5. The second-order valence-corrected chi connectivity index (χ2v) is 6.41. The average Bonchev–Trinajstić information content (AvgIpc) is 3.00. The van der Waals surface area contributed by atoms with Crippen LogP contribution in [0.15, 0.2) is 36.4 Å². The minimum Gasteiger partial charge on any atom is -0.497 e. The Bertz CT molecular complexity index is 853. The summed E-state index contributed by atoms with van der Waals surface area (Å²) in [5.74, 6) is 0.770. The number of ether oxygens (including phenoxy) is 1. The zero-order chi connectivity index (χ0) is 16.4. The fraction of sp³-hybridized carbons (Fsp3) is 0.222. The molecule has 0 spiro atoms. The number of nitrogens with one attached hydrogen (secondary N) is 1. The fourth-order valence-corrected chi connectivity index (χ4v) is 3.26. The van der Waals surface area contributed by atoms with Crippen LogP contribution in [0.5, 0.6) is 5.75 Å².